The van der Waals surface area contributed by atoms with Crippen LogP contribution in [0.5, 0.6) is 0 Å². The van der Waals surface area contributed by atoms with Crippen LogP contribution in [-0.2, 0) is 0 Å². The molecule has 0 spiro atoms. The Hall–Kier alpha value is -1.26. The monoisotopic (exact) mass is 309 g/mol. The van der Waals surface area contributed by atoms with Gasteiger partial charge in [-0.3, -0.25) is 4.79 Å². The van der Waals surface area contributed by atoms with Crippen molar-refractivity contribution in [2.24, 2.45) is 0 Å². The standard InChI is InChI=1S/C16H24ClN3O/c1-11(9-13-5-3-4-8-19-13)20-15-10-12(16(21)18-2)6-7-14(15)17/h6-7,10-11,13,19-20H,3-5,8-9H2,1-2H3,(H,18,21). The average Bonchev–Trinajstić information content (AvgIpc) is 2.49. The van der Waals surface area contributed by atoms with E-state index in [1.165, 1.54) is 19.3 Å². The summed E-state index contributed by atoms with van der Waals surface area (Å²) in [5.74, 6) is -0.101. The lowest BCUT2D eigenvalue weighted by atomic mass is 9.98. The van der Waals surface area contributed by atoms with Gasteiger partial charge >= 0.3 is 0 Å². The van der Waals surface area contributed by atoms with Gasteiger partial charge in [-0.25, -0.2) is 0 Å². The van der Waals surface area contributed by atoms with E-state index >= 15 is 0 Å². The van der Waals surface area contributed by atoms with Crippen LogP contribution in [0.3, 0.4) is 0 Å². The third kappa shape index (κ3) is 4.61. The number of halogens is 1. The molecule has 2 rings (SSSR count). The summed E-state index contributed by atoms with van der Waals surface area (Å²) in [7, 11) is 1.63. The number of amides is 1. The number of carbonyl (C=O) groups is 1. The predicted molar refractivity (Wildman–Crippen MR) is 88.2 cm³/mol. The van der Waals surface area contributed by atoms with Gasteiger partial charge in [-0.1, -0.05) is 18.0 Å². The number of hydrogen-bond acceptors (Lipinski definition) is 3. The van der Waals surface area contributed by atoms with Crippen molar-refractivity contribution in [2.75, 3.05) is 18.9 Å². The van der Waals surface area contributed by atoms with Crippen molar-refractivity contribution in [3.63, 3.8) is 0 Å². The highest BCUT2D eigenvalue weighted by Gasteiger charge is 2.16. The molecule has 0 aromatic heterocycles. The molecular formula is C16H24ClN3O. The molecule has 5 heteroatoms. The summed E-state index contributed by atoms with van der Waals surface area (Å²) >= 11 is 6.22. The van der Waals surface area contributed by atoms with Crippen LogP contribution < -0.4 is 16.0 Å². The largest absolute Gasteiger partial charge is 0.381 e. The molecule has 0 saturated carbocycles. The van der Waals surface area contributed by atoms with E-state index < -0.39 is 0 Å². The van der Waals surface area contributed by atoms with Crippen molar-refractivity contribution in [3.05, 3.63) is 28.8 Å². The number of hydrogen-bond donors (Lipinski definition) is 3. The van der Waals surface area contributed by atoms with Crippen LogP contribution in [0, 0.1) is 0 Å². The number of nitrogens with one attached hydrogen (secondary N) is 3. The Morgan fingerprint density at radius 1 is 1.48 bits per heavy atom. The van der Waals surface area contributed by atoms with E-state index in [-0.39, 0.29) is 5.91 Å². The smallest absolute Gasteiger partial charge is 0.251 e. The second kappa shape index (κ2) is 7.66. The van der Waals surface area contributed by atoms with Gasteiger partial charge in [-0.05, 0) is 50.9 Å². The molecule has 1 aromatic rings. The third-order valence-electron chi connectivity index (χ3n) is 3.91. The zero-order chi connectivity index (χ0) is 15.2. The van der Waals surface area contributed by atoms with E-state index in [1.807, 2.05) is 6.07 Å². The molecule has 0 bridgehead atoms. The number of piperidine rings is 1. The van der Waals surface area contributed by atoms with Crippen LogP contribution >= 0.6 is 11.6 Å². The number of benzene rings is 1. The summed E-state index contributed by atoms with van der Waals surface area (Å²) < 4.78 is 0. The van der Waals surface area contributed by atoms with E-state index in [0.29, 0.717) is 22.7 Å². The maximum Gasteiger partial charge on any atom is 0.251 e. The molecule has 1 heterocycles. The number of anilines is 1. The van der Waals surface area contributed by atoms with E-state index in [0.717, 1.165) is 18.7 Å². The Bertz CT molecular complexity index is 486. The van der Waals surface area contributed by atoms with Crippen molar-refractivity contribution >= 4 is 23.2 Å². The van der Waals surface area contributed by atoms with E-state index in [1.54, 1.807) is 19.2 Å². The Morgan fingerprint density at radius 3 is 2.95 bits per heavy atom. The van der Waals surface area contributed by atoms with Gasteiger partial charge in [0.15, 0.2) is 0 Å². The fourth-order valence-corrected chi connectivity index (χ4v) is 2.97. The molecule has 21 heavy (non-hydrogen) atoms. The van der Waals surface area contributed by atoms with Gasteiger partial charge in [-0.2, -0.15) is 0 Å². The van der Waals surface area contributed by atoms with Crippen LogP contribution in [0.1, 0.15) is 43.0 Å². The molecule has 1 aromatic carbocycles. The minimum Gasteiger partial charge on any atom is -0.381 e. The highest BCUT2D eigenvalue weighted by molar-refractivity contribution is 6.33. The summed E-state index contributed by atoms with van der Waals surface area (Å²) in [6.45, 7) is 3.27. The van der Waals surface area contributed by atoms with Crippen LogP contribution in [0.15, 0.2) is 18.2 Å². The highest BCUT2D eigenvalue weighted by atomic mass is 35.5. The number of rotatable bonds is 5. The average molecular weight is 310 g/mol. The van der Waals surface area contributed by atoms with Gasteiger partial charge in [0.05, 0.1) is 10.7 Å². The summed E-state index contributed by atoms with van der Waals surface area (Å²) in [4.78, 5) is 11.7. The minimum absolute atomic E-state index is 0.101. The number of carbonyl (C=O) groups excluding carboxylic acids is 1. The van der Waals surface area contributed by atoms with E-state index in [9.17, 15) is 4.79 Å². The van der Waals surface area contributed by atoms with Crippen molar-refractivity contribution in [1.29, 1.82) is 0 Å². The molecule has 2 unspecified atom stereocenters. The summed E-state index contributed by atoms with van der Waals surface area (Å²) in [6.07, 6.45) is 4.87. The van der Waals surface area contributed by atoms with Gasteiger partial charge in [0, 0.05) is 24.7 Å². The first-order valence-electron chi connectivity index (χ1n) is 7.61. The molecule has 3 N–H and O–H groups in total. The Balaban J connectivity index is 1.98. The first kappa shape index (κ1) is 16.1. The Morgan fingerprint density at radius 2 is 2.29 bits per heavy atom. The van der Waals surface area contributed by atoms with Crippen molar-refractivity contribution < 1.29 is 4.79 Å². The normalized spacial score (nSPS) is 19.9. The zero-order valence-electron chi connectivity index (χ0n) is 12.7. The molecule has 1 aliphatic rings. The van der Waals surface area contributed by atoms with Crippen LogP contribution in [0.2, 0.25) is 5.02 Å². The molecule has 116 valence electrons. The van der Waals surface area contributed by atoms with E-state index in [2.05, 4.69) is 22.9 Å². The first-order chi connectivity index (χ1) is 10.1. The van der Waals surface area contributed by atoms with Gasteiger partial charge in [-0.15, -0.1) is 0 Å². The molecule has 1 amide bonds. The predicted octanol–water partition coefficient (Wildman–Crippen LogP) is 3.03. The topological polar surface area (TPSA) is 53.2 Å². The molecule has 4 nitrogen and oxygen atoms in total. The molecule has 1 saturated heterocycles. The summed E-state index contributed by atoms with van der Waals surface area (Å²) in [5.41, 5.74) is 1.44. The lowest BCUT2D eigenvalue weighted by molar-refractivity contribution is 0.0963. The lowest BCUT2D eigenvalue weighted by Crippen LogP contribution is -2.37. The Labute approximate surface area is 131 Å². The summed E-state index contributed by atoms with van der Waals surface area (Å²) in [5, 5.41) is 10.2. The molecule has 0 aliphatic carbocycles. The van der Waals surface area contributed by atoms with Crippen molar-refractivity contribution in [2.45, 2.75) is 44.7 Å². The van der Waals surface area contributed by atoms with Crippen molar-refractivity contribution in [1.82, 2.24) is 10.6 Å². The molecule has 1 fully saturated rings. The SMILES string of the molecule is CNC(=O)c1ccc(Cl)c(NC(C)CC2CCCCN2)c1. The van der Waals surface area contributed by atoms with Crippen LogP contribution in [0.4, 0.5) is 5.69 Å². The van der Waals surface area contributed by atoms with E-state index in [4.69, 9.17) is 11.6 Å². The fourth-order valence-electron chi connectivity index (χ4n) is 2.80. The summed E-state index contributed by atoms with van der Waals surface area (Å²) in [6, 6.07) is 6.19. The van der Waals surface area contributed by atoms with Gasteiger partial charge in [0.2, 0.25) is 0 Å². The zero-order valence-corrected chi connectivity index (χ0v) is 13.5. The quantitative estimate of drug-likeness (QED) is 0.783. The van der Waals surface area contributed by atoms with Gasteiger partial charge in [0.1, 0.15) is 0 Å². The maximum absolute atomic E-state index is 11.7. The Kier molecular flexibility index (Phi) is 5.88. The molecule has 0 radical (unpaired) electrons. The second-order valence-corrected chi connectivity index (χ2v) is 6.11. The van der Waals surface area contributed by atoms with Crippen molar-refractivity contribution in [3.8, 4) is 0 Å². The highest BCUT2D eigenvalue weighted by Crippen LogP contribution is 2.25. The second-order valence-electron chi connectivity index (χ2n) is 5.70. The van der Waals surface area contributed by atoms with Gasteiger partial charge in [0.25, 0.3) is 5.91 Å². The lowest BCUT2D eigenvalue weighted by Gasteiger charge is -2.27. The molecule has 1 aliphatic heterocycles. The first-order valence-corrected chi connectivity index (χ1v) is 7.99. The van der Waals surface area contributed by atoms with Crippen LogP contribution in [-0.4, -0.2) is 31.6 Å². The third-order valence-corrected chi connectivity index (χ3v) is 4.24. The minimum atomic E-state index is -0.101. The fraction of sp³-hybridized carbons (Fsp3) is 0.562. The molecule has 2 atom stereocenters. The maximum atomic E-state index is 11.7. The molecular weight excluding hydrogens is 286 g/mol. The van der Waals surface area contributed by atoms with Gasteiger partial charge < -0.3 is 16.0 Å². The van der Waals surface area contributed by atoms with Crippen LogP contribution in [0.25, 0.3) is 0 Å².